The van der Waals surface area contributed by atoms with Crippen LogP contribution in [0.25, 0.3) is 0 Å². The predicted molar refractivity (Wildman–Crippen MR) is 54.7 cm³/mol. The number of imidazole rings is 1. The minimum Gasteiger partial charge on any atom is -0.369 e. The standard InChI is InChI=1S/C10H12N4/c1-8-2-3-9(13-6-8)7-14-5-4-12-10(14)11/h2-6H,7H2,1H3,(H2,11,12). The second-order valence-corrected chi connectivity index (χ2v) is 3.24. The molecule has 0 aliphatic heterocycles. The van der Waals surface area contributed by atoms with Gasteiger partial charge in [0.25, 0.3) is 0 Å². The van der Waals surface area contributed by atoms with Crippen LogP contribution in [0.4, 0.5) is 5.95 Å². The number of pyridine rings is 1. The molecule has 0 aromatic carbocycles. The molecule has 2 rings (SSSR count). The van der Waals surface area contributed by atoms with E-state index in [9.17, 15) is 0 Å². The highest BCUT2D eigenvalue weighted by Gasteiger charge is 1.99. The van der Waals surface area contributed by atoms with Crippen LogP contribution in [0.5, 0.6) is 0 Å². The number of nitrogens with zero attached hydrogens (tertiary/aromatic N) is 3. The second kappa shape index (κ2) is 3.49. The molecule has 0 fully saturated rings. The number of rotatable bonds is 2. The molecule has 0 unspecified atom stereocenters. The van der Waals surface area contributed by atoms with Gasteiger partial charge in [0.2, 0.25) is 0 Å². The lowest BCUT2D eigenvalue weighted by Crippen LogP contribution is -2.04. The summed E-state index contributed by atoms with van der Waals surface area (Å²) in [6, 6.07) is 4.03. The van der Waals surface area contributed by atoms with Gasteiger partial charge < -0.3 is 10.3 Å². The lowest BCUT2D eigenvalue weighted by molar-refractivity contribution is 0.784. The molecular weight excluding hydrogens is 176 g/mol. The van der Waals surface area contributed by atoms with Crippen LogP contribution in [0.2, 0.25) is 0 Å². The SMILES string of the molecule is Cc1ccc(Cn2ccnc2N)nc1. The van der Waals surface area contributed by atoms with Crippen molar-refractivity contribution < 1.29 is 0 Å². The summed E-state index contributed by atoms with van der Waals surface area (Å²) in [5.74, 6) is 0.521. The number of nitrogen functional groups attached to an aromatic ring is 1. The van der Waals surface area contributed by atoms with Gasteiger partial charge in [-0.3, -0.25) is 4.98 Å². The third-order valence-electron chi connectivity index (χ3n) is 2.05. The van der Waals surface area contributed by atoms with Crippen LogP contribution in [0.1, 0.15) is 11.3 Å². The first-order valence-electron chi connectivity index (χ1n) is 4.44. The molecule has 0 radical (unpaired) electrons. The minimum absolute atomic E-state index is 0.521. The molecule has 0 saturated carbocycles. The summed E-state index contributed by atoms with van der Waals surface area (Å²) in [6.07, 6.45) is 5.38. The van der Waals surface area contributed by atoms with Crippen molar-refractivity contribution in [2.45, 2.75) is 13.5 Å². The third-order valence-corrected chi connectivity index (χ3v) is 2.05. The summed E-state index contributed by atoms with van der Waals surface area (Å²) in [7, 11) is 0. The fourth-order valence-electron chi connectivity index (χ4n) is 1.24. The Hall–Kier alpha value is -1.84. The van der Waals surface area contributed by atoms with E-state index in [2.05, 4.69) is 9.97 Å². The van der Waals surface area contributed by atoms with Crippen LogP contribution < -0.4 is 5.73 Å². The minimum atomic E-state index is 0.521. The Kier molecular flexibility index (Phi) is 2.18. The van der Waals surface area contributed by atoms with Gasteiger partial charge in [0, 0.05) is 18.6 Å². The van der Waals surface area contributed by atoms with Crippen molar-refractivity contribution in [1.82, 2.24) is 14.5 Å². The average molecular weight is 188 g/mol. The van der Waals surface area contributed by atoms with Crippen molar-refractivity contribution >= 4 is 5.95 Å². The van der Waals surface area contributed by atoms with Gasteiger partial charge in [0.05, 0.1) is 12.2 Å². The van der Waals surface area contributed by atoms with E-state index in [1.165, 1.54) is 0 Å². The Labute approximate surface area is 82.4 Å². The number of anilines is 1. The van der Waals surface area contributed by atoms with Gasteiger partial charge in [-0.1, -0.05) is 6.07 Å². The largest absolute Gasteiger partial charge is 0.369 e. The molecule has 72 valence electrons. The highest BCUT2D eigenvalue weighted by molar-refractivity contribution is 5.20. The zero-order valence-corrected chi connectivity index (χ0v) is 8.01. The molecule has 0 atom stereocenters. The van der Waals surface area contributed by atoms with Crippen LogP contribution in [-0.4, -0.2) is 14.5 Å². The van der Waals surface area contributed by atoms with Gasteiger partial charge in [-0.2, -0.15) is 0 Å². The van der Waals surface area contributed by atoms with Crippen LogP contribution in [-0.2, 0) is 6.54 Å². The van der Waals surface area contributed by atoms with Crippen molar-refractivity contribution in [1.29, 1.82) is 0 Å². The smallest absolute Gasteiger partial charge is 0.200 e. The summed E-state index contributed by atoms with van der Waals surface area (Å²) in [4.78, 5) is 8.23. The molecule has 0 spiro atoms. The maximum absolute atomic E-state index is 5.64. The molecule has 0 aliphatic rings. The molecular formula is C10H12N4. The second-order valence-electron chi connectivity index (χ2n) is 3.24. The Bertz CT molecular complexity index is 416. The maximum Gasteiger partial charge on any atom is 0.200 e. The molecule has 0 bridgehead atoms. The summed E-state index contributed by atoms with van der Waals surface area (Å²) in [5.41, 5.74) is 7.79. The van der Waals surface area contributed by atoms with Gasteiger partial charge in [-0.05, 0) is 18.6 Å². The zero-order valence-electron chi connectivity index (χ0n) is 8.01. The summed E-state index contributed by atoms with van der Waals surface area (Å²) >= 11 is 0. The Morgan fingerprint density at radius 3 is 2.79 bits per heavy atom. The average Bonchev–Trinajstić information content (AvgIpc) is 2.56. The molecule has 2 aromatic heterocycles. The van der Waals surface area contributed by atoms with E-state index < -0.39 is 0 Å². The summed E-state index contributed by atoms with van der Waals surface area (Å²) < 4.78 is 1.86. The molecule has 4 nitrogen and oxygen atoms in total. The number of aryl methyl sites for hydroxylation is 1. The van der Waals surface area contributed by atoms with E-state index in [-0.39, 0.29) is 0 Å². The zero-order chi connectivity index (χ0) is 9.97. The summed E-state index contributed by atoms with van der Waals surface area (Å²) in [5, 5.41) is 0. The predicted octanol–water partition coefficient (Wildman–Crippen LogP) is 1.22. The monoisotopic (exact) mass is 188 g/mol. The van der Waals surface area contributed by atoms with E-state index in [4.69, 9.17) is 5.73 Å². The van der Waals surface area contributed by atoms with Crippen molar-refractivity contribution in [2.24, 2.45) is 0 Å². The van der Waals surface area contributed by atoms with Gasteiger partial charge in [0.1, 0.15) is 0 Å². The molecule has 2 heterocycles. The number of hydrogen-bond donors (Lipinski definition) is 1. The quantitative estimate of drug-likeness (QED) is 0.770. The van der Waals surface area contributed by atoms with E-state index >= 15 is 0 Å². The number of aromatic nitrogens is 3. The highest BCUT2D eigenvalue weighted by atomic mass is 15.1. The Morgan fingerprint density at radius 2 is 2.21 bits per heavy atom. The fourth-order valence-corrected chi connectivity index (χ4v) is 1.24. The van der Waals surface area contributed by atoms with E-state index in [0.29, 0.717) is 12.5 Å². The molecule has 14 heavy (non-hydrogen) atoms. The first-order chi connectivity index (χ1) is 6.75. The van der Waals surface area contributed by atoms with Crippen molar-refractivity contribution in [3.63, 3.8) is 0 Å². The van der Waals surface area contributed by atoms with Gasteiger partial charge in [0.15, 0.2) is 5.95 Å². The van der Waals surface area contributed by atoms with Crippen LogP contribution in [0.3, 0.4) is 0 Å². The number of hydrogen-bond acceptors (Lipinski definition) is 3. The lowest BCUT2D eigenvalue weighted by Gasteiger charge is -2.03. The first kappa shape index (κ1) is 8.74. The first-order valence-corrected chi connectivity index (χ1v) is 4.44. The van der Waals surface area contributed by atoms with Crippen LogP contribution in [0.15, 0.2) is 30.7 Å². The molecule has 0 aliphatic carbocycles. The van der Waals surface area contributed by atoms with Crippen molar-refractivity contribution in [3.05, 3.63) is 42.0 Å². The van der Waals surface area contributed by atoms with Crippen molar-refractivity contribution in [3.8, 4) is 0 Å². The van der Waals surface area contributed by atoms with Crippen molar-refractivity contribution in [2.75, 3.05) is 5.73 Å². The topological polar surface area (TPSA) is 56.7 Å². The molecule has 0 saturated heterocycles. The van der Waals surface area contributed by atoms with E-state index in [1.54, 1.807) is 6.20 Å². The molecule has 2 N–H and O–H groups in total. The third kappa shape index (κ3) is 1.74. The fraction of sp³-hybridized carbons (Fsp3) is 0.200. The summed E-state index contributed by atoms with van der Waals surface area (Å²) in [6.45, 7) is 2.69. The lowest BCUT2D eigenvalue weighted by atomic mass is 10.3. The molecule has 2 aromatic rings. The Morgan fingerprint density at radius 1 is 1.36 bits per heavy atom. The van der Waals surface area contributed by atoms with E-state index in [1.807, 2.05) is 36.0 Å². The highest BCUT2D eigenvalue weighted by Crippen LogP contribution is 2.04. The number of nitrogens with two attached hydrogens (primary N) is 1. The molecule has 4 heteroatoms. The van der Waals surface area contributed by atoms with Crippen LogP contribution in [0, 0.1) is 6.92 Å². The van der Waals surface area contributed by atoms with Gasteiger partial charge in [-0.15, -0.1) is 0 Å². The van der Waals surface area contributed by atoms with Gasteiger partial charge in [-0.25, -0.2) is 4.98 Å². The molecule has 0 amide bonds. The normalized spacial score (nSPS) is 10.4. The van der Waals surface area contributed by atoms with Crippen LogP contribution >= 0.6 is 0 Å². The maximum atomic E-state index is 5.64. The van der Waals surface area contributed by atoms with E-state index in [0.717, 1.165) is 11.3 Å². The van der Waals surface area contributed by atoms with Gasteiger partial charge >= 0.3 is 0 Å². The Balaban J connectivity index is 2.19.